The predicted molar refractivity (Wildman–Crippen MR) is 75.8 cm³/mol. The van der Waals surface area contributed by atoms with E-state index in [-0.39, 0.29) is 19.0 Å². The third kappa shape index (κ3) is 4.35. The largest absolute Gasteiger partial charge is 0.486 e. The lowest BCUT2D eigenvalue weighted by Gasteiger charge is -2.20. The molecule has 1 aromatic carbocycles. The number of ether oxygens (including phenoxy) is 2. The number of nitrogens with zero attached hydrogens (tertiary/aromatic N) is 1. The summed E-state index contributed by atoms with van der Waals surface area (Å²) in [4.78, 5) is 24.1. The number of carboxylic acids is 1. The molecule has 0 atom stereocenters. The van der Waals surface area contributed by atoms with Crippen LogP contribution in [-0.4, -0.2) is 54.7 Å². The average Bonchev–Trinajstić information content (AvgIpc) is 2.45. The number of rotatable bonds is 6. The number of carboxylic acid groups (broad SMARTS) is 1. The Kier molecular flexibility index (Phi) is 4.99. The fourth-order valence-electron chi connectivity index (χ4n) is 2.00. The molecule has 0 bridgehead atoms. The molecular formula is C14H18N2O5. The van der Waals surface area contributed by atoms with Gasteiger partial charge in [-0.05, 0) is 18.7 Å². The average molecular weight is 294 g/mol. The molecule has 0 fully saturated rings. The smallest absolute Gasteiger partial charge is 0.317 e. The first-order valence-electron chi connectivity index (χ1n) is 6.72. The molecule has 2 rings (SSSR count). The number of anilines is 1. The number of nitrogens with one attached hydrogen (secondary N) is 1. The molecular weight excluding hydrogens is 276 g/mol. The predicted octanol–water partition coefficient (Wildman–Crippen LogP) is 0.803. The van der Waals surface area contributed by atoms with Crippen molar-refractivity contribution in [2.75, 3.05) is 38.2 Å². The van der Waals surface area contributed by atoms with Crippen molar-refractivity contribution in [3.8, 4) is 11.5 Å². The summed E-state index contributed by atoms with van der Waals surface area (Å²) in [6, 6.07) is 5.15. The fourth-order valence-corrected chi connectivity index (χ4v) is 2.00. The van der Waals surface area contributed by atoms with Gasteiger partial charge in [0.1, 0.15) is 13.2 Å². The molecule has 0 aromatic heterocycles. The fraction of sp³-hybridized carbons (Fsp3) is 0.429. The molecule has 1 heterocycles. The van der Waals surface area contributed by atoms with E-state index in [0.717, 1.165) is 0 Å². The molecule has 0 unspecified atom stereocenters. The molecule has 2 N–H and O–H groups in total. The summed E-state index contributed by atoms with van der Waals surface area (Å²) in [5.41, 5.74) is 0.593. The van der Waals surface area contributed by atoms with E-state index in [1.165, 1.54) is 4.90 Å². The van der Waals surface area contributed by atoms with Crippen molar-refractivity contribution < 1.29 is 24.2 Å². The molecule has 114 valence electrons. The SMILES string of the molecule is CCN(CC(=O)O)CC(=O)Nc1ccc2c(c1)OCCO2. The zero-order valence-electron chi connectivity index (χ0n) is 11.8. The minimum atomic E-state index is -0.955. The molecule has 1 aromatic rings. The molecule has 1 amide bonds. The van der Waals surface area contributed by atoms with Gasteiger partial charge in [-0.2, -0.15) is 0 Å². The van der Waals surface area contributed by atoms with Gasteiger partial charge in [0.15, 0.2) is 11.5 Å². The minimum absolute atomic E-state index is 0.0250. The summed E-state index contributed by atoms with van der Waals surface area (Å²) in [6.07, 6.45) is 0. The van der Waals surface area contributed by atoms with Gasteiger partial charge in [0, 0.05) is 11.8 Å². The highest BCUT2D eigenvalue weighted by molar-refractivity contribution is 5.92. The van der Waals surface area contributed by atoms with E-state index in [9.17, 15) is 9.59 Å². The monoisotopic (exact) mass is 294 g/mol. The quantitative estimate of drug-likeness (QED) is 0.807. The second-order valence-corrected chi connectivity index (χ2v) is 4.60. The lowest BCUT2D eigenvalue weighted by atomic mass is 10.2. The zero-order chi connectivity index (χ0) is 15.2. The number of likely N-dealkylation sites (N-methyl/N-ethyl adjacent to an activating group) is 1. The highest BCUT2D eigenvalue weighted by Gasteiger charge is 2.15. The van der Waals surface area contributed by atoms with Crippen LogP contribution in [0.3, 0.4) is 0 Å². The summed E-state index contributed by atoms with van der Waals surface area (Å²) >= 11 is 0. The van der Waals surface area contributed by atoms with Crippen molar-refractivity contribution in [2.24, 2.45) is 0 Å². The first-order chi connectivity index (χ1) is 10.1. The second kappa shape index (κ2) is 6.94. The van der Waals surface area contributed by atoms with Crippen molar-refractivity contribution in [3.63, 3.8) is 0 Å². The lowest BCUT2D eigenvalue weighted by molar-refractivity contribution is -0.138. The van der Waals surface area contributed by atoms with E-state index >= 15 is 0 Å². The first kappa shape index (κ1) is 15.1. The molecule has 0 aliphatic carbocycles. The first-order valence-corrected chi connectivity index (χ1v) is 6.72. The van der Waals surface area contributed by atoms with Gasteiger partial charge in [0.05, 0.1) is 13.1 Å². The van der Waals surface area contributed by atoms with Gasteiger partial charge >= 0.3 is 5.97 Å². The van der Waals surface area contributed by atoms with Gasteiger partial charge in [0.2, 0.25) is 5.91 Å². The number of carbonyl (C=O) groups excluding carboxylic acids is 1. The molecule has 7 nitrogen and oxygen atoms in total. The summed E-state index contributed by atoms with van der Waals surface area (Å²) in [7, 11) is 0. The molecule has 1 aliphatic heterocycles. The molecule has 0 saturated heterocycles. The van der Waals surface area contributed by atoms with Crippen LogP contribution in [0, 0.1) is 0 Å². The maximum Gasteiger partial charge on any atom is 0.317 e. The van der Waals surface area contributed by atoms with Gasteiger partial charge in [-0.15, -0.1) is 0 Å². The van der Waals surface area contributed by atoms with Crippen LogP contribution >= 0.6 is 0 Å². The van der Waals surface area contributed by atoms with Crippen LogP contribution in [0.5, 0.6) is 11.5 Å². The molecule has 0 spiro atoms. The van der Waals surface area contributed by atoms with Crippen LogP contribution < -0.4 is 14.8 Å². The van der Waals surface area contributed by atoms with E-state index in [0.29, 0.717) is 36.9 Å². The Morgan fingerprint density at radius 2 is 1.95 bits per heavy atom. The van der Waals surface area contributed by atoms with E-state index in [1.807, 2.05) is 0 Å². The van der Waals surface area contributed by atoms with Crippen LogP contribution in [0.2, 0.25) is 0 Å². The summed E-state index contributed by atoms with van der Waals surface area (Å²) < 4.78 is 10.8. The molecule has 0 radical (unpaired) electrons. The Morgan fingerprint density at radius 3 is 2.62 bits per heavy atom. The van der Waals surface area contributed by atoms with Crippen molar-refractivity contribution in [1.29, 1.82) is 0 Å². The van der Waals surface area contributed by atoms with E-state index < -0.39 is 5.97 Å². The maximum atomic E-state index is 11.9. The van der Waals surface area contributed by atoms with Crippen molar-refractivity contribution in [3.05, 3.63) is 18.2 Å². The van der Waals surface area contributed by atoms with Crippen molar-refractivity contribution in [2.45, 2.75) is 6.92 Å². The highest BCUT2D eigenvalue weighted by atomic mass is 16.6. The number of fused-ring (bicyclic) bond motifs is 1. The normalized spacial score (nSPS) is 13.0. The summed E-state index contributed by atoms with van der Waals surface area (Å²) in [6.45, 7) is 3.15. The lowest BCUT2D eigenvalue weighted by Crippen LogP contribution is -2.36. The number of benzene rings is 1. The van der Waals surface area contributed by atoms with E-state index in [1.54, 1.807) is 25.1 Å². The Labute approximate surface area is 122 Å². The van der Waals surface area contributed by atoms with Gasteiger partial charge in [-0.3, -0.25) is 14.5 Å². The highest BCUT2D eigenvalue weighted by Crippen LogP contribution is 2.32. The maximum absolute atomic E-state index is 11.9. The summed E-state index contributed by atoms with van der Waals surface area (Å²) in [5, 5.41) is 11.5. The molecule has 7 heteroatoms. The van der Waals surface area contributed by atoms with E-state index in [2.05, 4.69) is 5.32 Å². The minimum Gasteiger partial charge on any atom is -0.486 e. The van der Waals surface area contributed by atoms with Crippen LogP contribution in [0.15, 0.2) is 18.2 Å². The standard InChI is InChI=1S/C14H18N2O5/c1-2-16(9-14(18)19)8-13(17)15-10-3-4-11-12(7-10)21-6-5-20-11/h3-4,7H,2,5-6,8-9H2,1H3,(H,15,17)(H,18,19). The van der Waals surface area contributed by atoms with E-state index in [4.69, 9.17) is 14.6 Å². The van der Waals surface area contributed by atoms with Crippen molar-refractivity contribution >= 4 is 17.6 Å². The number of hydrogen-bond acceptors (Lipinski definition) is 5. The second-order valence-electron chi connectivity index (χ2n) is 4.60. The van der Waals surface area contributed by atoms with Gasteiger partial charge < -0.3 is 19.9 Å². The molecule has 21 heavy (non-hydrogen) atoms. The third-order valence-corrected chi connectivity index (χ3v) is 3.00. The van der Waals surface area contributed by atoms with Gasteiger partial charge in [0.25, 0.3) is 0 Å². The van der Waals surface area contributed by atoms with Crippen LogP contribution in [0.4, 0.5) is 5.69 Å². The third-order valence-electron chi connectivity index (χ3n) is 3.00. The molecule has 1 aliphatic rings. The number of hydrogen-bond donors (Lipinski definition) is 2. The number of amides is 1. The topological polar surface area (TPSA) is 88.1 Å². The van der Waals surface area contributed by atoms with Crippen LogP contribution in [0.1, 0.15) is 6.92 Å². The Bertz CT molecular complexity index is 532. The Hall–Kier alpha value is -2.28. The molecule has 0 saturated carbocycles. The Balaban J connectivity index is 1.94. The van der Waals surface area contributed by atoms with Crippen LogP contribution in [0.25, 0.3) is 0 Å². The number of aliphatic carboxylic acids is 1. The van der Waals surface area contributed by atoms with Gasteiger partial charge in [-0.25, -0.2) is 0 Å². The van der Waals surface area contributed by atoms with Crippen LogP contribution in [-0.2, 0) is 9.59 Å². The van der Waals surface area contributed by atoms with Crippen molar-refractivity contribution in [1.82, 2.24) is 4.90 Å². The summed E-state index contributed by atoms with van der Waals surface area (Å²) in [5.74, 6) is 0.0241. The van der Waals surface area contributed by atoms with Gasteiger partial charge in [-0.1, -0.05) is 6.92 Å². The number of carbonyl (C=O) groups is 2. The zero-order valence-corrected chi connectivity index (χ0v) is 11.8. The Morgan fingerprint density at radius 1 is 1.24 bits per heavy atom.